The summed E-state index contributed by atoms with van der Waals surface area (Å²) >= 11 is 1.58. The summed E-state index contributed by atoms with van der Waals surface area (Å²) in [5, 5.41) is 10.3. The van der Waals surface area contributed by atoms with E-state index in [1.807, 2.05) is 14.0 Å². The van der Waals surface area contributed by atoms with E-state index in [2.05, 4.69) is 22.4 Å². The molecule has 0 saturated heterocycles. The highest BCUT2D eigenvalue weighted by Crippen LogP contribution is 2.13. The summed E-state index contributed by atoms with van der Waals surface area (Å²) in [6, 6.07) is 0.414. The standard InChI is InChI=1S/C8H16N4OS/c1-4-12-7(13)10-11-8(12)14-5-6(2)9-3/h6,9H,4-5H2,1-3H3,(H,10,13). The summed E-state index contributed by atoms with van der Waals surface area (Å²) in [4.78, 5) is 11.2. The Labute approximate surface area is 87.3 Å². The molecule has 14 heavy (non-hydrogen) atoms. The van der Waals surface area contributed by atoms with E-state index < -0.39 is 0 Å². The van der Waals surface area contributed by atoms with Gasteiger partial charge in [0.15, 0.2) is 5.16 Å². The van der Waals surface area contributed by atoms with Crippen molar-refractivity contribution in [2.45, 2.75) is 31.6 Å². The Morgan fingerprint density at radius 1 is 1.71 bits per heavy atom. The molecule has 1 atom stereocenters. The number of H-pyrrole nitrogens is 1. The van der Waals surface area contributed by atoms with Gasteiger partial charge in [0, 0.05) is 18.3 Å². The van der Waals surface area contributed by atoms with E-state index in [4.69, 9.17) is 0 Å². The zero-order valence-electron chi connectivity index (χ0n) is 8.70. The van der Waals surface area contributed by atoms with Crippen LogP contribution in [0.4, 0.5) is 0 Å². The van der Waals surface area contributed by atoms with Crippen LogP contribution in [0.15, 0.2) is 9.95 Å². The first-order valence-corrected chi connectivity index (χ1v) is 5.62. The van der Waals surface area contributed by atoms with Crippen molar-refractivity contribution in [1.29, 1.82) is 0 Å². The van der Waals surface area contributed by atoms with E-state index in [1.165, 1.54) is 0 Å². The van der Waals surface area contributed by atoms with Crippen LogP contribution in [0.1, 0.15) is 13.8 Å². The molecule has 0 amide bonds. The molecule has 1 rings (SSSR count). The highest BCUT2D eigenvalue weighted by atomic mass is 32.2. The van der Waals surface area contributed by atoms with Gasteiger partial charge in [0.2, 0.25) is 0 Å². The maximum atomic E-state index is 11.2. The number of hydrogen-bond donors (Lipinski definition) is 2. The maximum absolute atomic E-state index is 11.2. The number of thioether (sulfide) groups is 1. The second kappa shape index (κ2) is 5.21. The SMILES string of the molecule is CCn1c(SCC(C)NC)n[nH]c1=O. The second-order valence-corrected chi connectivity index (χ2v) is 4.04. The normalized spacial score (nSPS) is 13.1. The molecular formula is C8H16N4OS. The Hall–Kier alpha value is -0.750. The van der Waals surface area contributed by atoms with Crippen molar-refractivity contribution in [2.24, 2.45) is 0 Å². The van der Waals surface area contributed by atoms with E-state index in [-0.39, 0.29) is 5.69 Å². The van der Waals surface area contributed by atoms with Crippen LogP contribution in [0.25, 0.3) is 0 Å². The number of aromatic nitrogens is 3. The van der Waals surface area contributed by atoms with Crippen molar-refractivity contribution in [3.63, 3.8) is 0 Å². The molecule has 0 aliphatic heterocycles. The summed E-state index contributed by atoms with van der Waals surface area (Å²) in [7, 11) is 1.92. The average molecular weight is 216 g/mol. The molecule has 0 bridgehead atoms. The third-order valence-electron chi connectivity index (χ3n) is 1.99. The molecule has 0 saturated carbocycles. The van der Waals surface area contributed by atoms with E-state index in [1.54, 1.807) is 16.3 Å². The minimum Gasteiger partial charge on any atom is -0.316 e. The molecule has 0 aliphatic carbocycles. The molecule has 2 N–H and O–H groups in total. The Morgan fingerprint density at radius 2 is 2.43 bits per heavy atom. The largest absolute Gasteiger partial charge is 0.343 e. The summed E-state index contributed by atoms with van der Waals surface area (Å²) in [6.07, 6.45) is 0. The molecule has 0 spiro atoms. The van der Waals surface area contributed by atoms with Gasteiger partial charge in [-0.05, 0) is 20.9 Å². The van der Waals surface area contributed by atoms with Crippen LogP contribution in [-0.2, 0) is 6.54 Å². The predicted molar refractivity (Wildman–Crippen MR) is 57.8 cm³/mol. The first kappa shape index (κ1) is 11.3. The van der Waals surface area contributed by atoms with E-state index in [0.29, 0.717) is 12.6 Å². The fraction of sp³-hybridized carbons (Fsp3) is 0.750. The predicted octanol–water partition coefficient (Wildman–Crippen LogP) is 0.291. The summed E-state index contributed by atoms with van der Waals surface area (Å²) in [6.45, 7) is 4.68. The van der Waals surface area contributed by atoms with Crippen molar-refractivity contribution in [1.82, 2.24) is 20.1 Å². The highest BCUT2D eigenvalue weighted by Gasteiger charge is 2.08. The number of aromatic amines is 1. The molecular weight excluding hydrogens is 200 g/mol. The lowest BCUT2D eigenvalue weighted by molar-refractivity contribution is 0.651. The van der Waals surface area contributed by atoms with Crippen LogP contribution in [0.5, 0.6) is 0 Å². The molecule has 1 aromatic rings. The van der Waals surface area contributed by atoms with E-state index in [0.717, 1.165) is 10.9 Å². The van der Waals surface area contributed by atoms with Crippen molar-refractivity contribution >= 4 is 11.8 Å². The quantitative estimate of drug-likeness (QED) is 0.695. The third-order valence-corrected chi connectivity index (χ3v) is 3.23. The van der Waals surface area contributed by atoms with Gasteiger partial charge in [0.25, 0.3) is 0 Å². The van der Waals surface area contributed by atoms with Crippen molar-refractivity contribution in [3.8, 4) is 0 Å². The van der Waals surface area contributed by atoms with Gasteiger partial charge in [-0.2, -0.15) is 0 Å². The highest BCUT2D eigenvalue weighted by molar-refractivity contribution is 7.99. The Morgan fingerprint density at radius 3 is 3.00 bits per heavy atom. The van der Waals surface area contributed by atoms with Gasteiger partial charge in [-0.1, -0.05) is 11.8 Å². The number of hydrogen-bond acceptors (Lipinski definition) is 4. The molecule has 0 radical (unpaired) electrons. The maximum Gasteiger partial charge on any atom is 0.343 e. The summed E-state index contributed by atoms with van der Waals surface area (Å²) in [5.41, 5.74) is -0.132. The fourth-order valence-electron chi connectivity index (χ4n) is 0.975. The topological polar surface area (TPSA) is 62.7 Å². The number of nitrogens with zero attached hydrogens (tertiary/aromatic N) is 2. The summed E-state index contributed by atoms with van der Waals surface area (Å²) < 4.78 is 1.63. The minimum atomic E-state index is -0.132. The van der Waals surface area contributed by atoms with Crippen molar-refractivity contribution in [3.05, 3.63) is 10.5 Å². The van der Waals surface area contributed by atoms with E-state index >= 15 is 0 Å². The minimum absolute atomic E-state index is 0.132. The molecule has 1 heterocycles. The van der Waals surface area contributed by atoms with Gasteiger partial charge < -0.3 is 5.32 Å². The van der Waals surface area contributed by atoms with Crippen LogP contribution in [0, 0.1) is 0 Å². The Balaban J connectivity index is 2.62. The number of nitrogens with one attached hydrogen (secondary N) is 2. The lowest BCUT2D eigenvalue weighted by Gasteiger charge is -2.08. The Bertz CT molecular complexity index is 332. The summed E-state index contributed by atoms with van der Waals surface area (Å²) in [5.74, 6) is 0.904. The molecule has 0 aromatic carbocycles. The first-order valence-electron chi connectivity index (χ1n) is 4.64. The molecule has 0 fully saturated rings. The van der Waals surface area contributed by atoms with Gasteiger partial charge in [-0.25, -0.2) is 9.89 Å². The van der Waals surface area contributed by atoms with Gasteiger partial charge in [-0.3, -0.25) is 4.57 Å². The van der Waals surface area contributed by atoms with Crippen LogP contribution in [-0.4, -0.2) is 33.6 Å². The van der Waals surface area contributed by atoms with Gasteiger partial charge in [-0.15, -0.1) is 5.10 Å². The lowest BCUT2D eigenvalue weighted by Crippen LogP contribution is -2.24. The third kappa shape index (κ3) is 2.62. The van der Waals surface area contributed by atoms with E-state index in [9.17, 15) is 4.79 Å². The van der Waals surface area contributed by atoms with Gasteiger partial charge >= 0.3 is 5.69 Å². The number of rotatable bonds is 5. The van der Waals surface area contributed by atoms with Crippen molar-refractivity contribution in [2.75, 3.05) is 12.8 Å². The van der Waals surface area contributed by atoms with Gasteiger partial charge in [0.05, 0.1) is 0 Å². The lowest BCUT2D eigenvalue weighted by atomic mass is 10.4. The molecule has 1 aromatic heterocycles. The van der Waals surface area contributed by atoms with Crippen LogP contribution in [0.2, 0.25) is 0 Å². The van der Waals surface area contributed by atoms with Crippen LogP contribution in [0.3, 0.4) is 0 Å². The average Bonchev–Trinajstić information content (AvgIpc) is 2.55. The molecule has 1 unspecified atom stereocenters. The second-order valence-electron chi connectivity index (χ2n) is 3.06. The smallest absolute Gasteiger partial charge is 0.316 e. The monoisotopic (exact) mass is 216 g/mol. The van der Waals surface area contributed by atoms with Crippen LogP contribution >= 0.6 is 11.8 Å². The van der Waals surface area contributed by atoms with Crippen molar-refractivity contribution < 1.29 is 0 Å². The molecule has 0 aliphatic rings. The van der Waals surface area contributed by atoms with Gasteiger partial charge in [0.1, 0.15) is 0 Å². The zero-order chi connectivity index (χ0) is 10.6. The molecule has 5 nitrogen and oxygen atoms in total. The first-order chi connectivity index (χ1) is 6.69. The molecule has 80 valence electrons. The Kier molecular flexibility index (Phi) is 4.21. The molecule has 6 heteroatoms. The zero-order valence-corrected chi connectivity index (χ0v) is 9.52. The van der Waals surface area contributed by atoms with Crippen LogP contribution < -0.4 is 11.0 Å². The fourth-order valence-corrected chi connectivity index (χ4v) is 2.02.